The summed E-state index contributed by atoms with van der Waals surface area (Å²) in [6, 6.07) is 10.7. The quantitative estimate of drug-likeness (QED) is 0.776. The molecule has 3 aromatic rings. The number of imidazole rings is 1. The highest BCUT2D eigenvalue weighted by Crippen LogP contribution is 2.29. The molecule has 0 bridgehead atoms. The van der Waals surface area contributed by atoms with Gasteiger partial charge in [0.25, 0.3) is 5.91 Å². The normalized spacial score (nSPS) is 10.6. The van der Waals surface area contributed by atoms with Crippen LogP contribution in [0.1, 0.15) is 16.2 Å². The molecule has 0 aliphatic carbocycles. The number of hydrogen-bond acceptors (Lipinski definition) is 4. The van der Waals surface area contributed by atoms with Gasteiger partial charge >= 0.3 is 0 Å². The van der Waals surface area contributed by atoms with Gasteiger partial charge in [-0.15, -0.1) is 0 Å². The molecule has 0 fully saturated rings. The summed E-state index contributed by atoms with van der Waals surface area (Å²) in [5, 5.41) is 2.86. The molecule has 0 radical (unpaired) electrons. The molecule has 0 saturated heterocycles. The van der Waals surface area contributed by atoms with Crippen LogP contribution in [0.5, 0.6) is 11.5 Å². The van der Waals surface area contributed by atoms with Crippen molar-refractivity contribution < 1.29 is 14.3 Å². The standard InChI is InChI=1S/C17H17N3O3/c1-10-18-13-6-4-5-12(16(13)19-10)17(21)20-14-9-11(22-2)7-8-15(14)23-3/h4-9H,1-3H3,(H,18,19)(H,20,21). The van der Waals surface area contributed by atoms with Crippen molar-refractivity contribution in [2.45, 2.75) is 6.92 Å². The van der Waals surface area contributed by atoms with Crippen LogP contribution in [0.25, 0.3) is 11.0 Å². The highest BCUT2D eigenvalue weighted by Gasteiger charge is 2.15. The number of amides is 1. The number of ether oxygens (including phenoxy) is 2. The maximum Gasteiger partial charge on any atom is 0.258 e. The zero-order chi connectivity index (χ0) is 16.4. The fourth-order valence-corrected chi connectivity index (χ4v) is 2.44. The van der Waals surface area contributed by atoms with E-state index in [0.29, 0.717) is 28.3 Å². The molecule has 1 aromatic heterocycles. The molecule has 0 aliphatic rings. The van der Waals surface area contributed by atoms with Crippen LogP contribution in [-0.2, 0) is 0 Å². The van der Waals surface area contributed by atoms with Crippen LogP contribution in [0.2, 0.25) is 0 Å². The number of aromatic amines is 1. The van der Waals surface area contributed by atoms with Crippen LogP contribution in [-0.4, -0.2) is 30.1 Å². The number of para-hydroxylation sites is 1. The number of nitrogens with zero attached hydrogens (tertiary/aromatic N) is 1. The van der Waals surface area contributed by atoms with Crippen LogP contribution in [0.3, 0.4) is 0 Å². The van der Waals surface area contributed by atoms with Crippen molar-refractivity contribution in [2.75, 3.05) is 19.5 Å². The van der Waals surface area contributed by atoms with E-state index in [2.05, 4.69) is 15.3 Å². The molecule has 23 heavy (non-hydrogen) atoms. The number of aromatic nitrogens is 2. The number of methoxy groups -OCH3 is 2. The number of anilines is 1. The minimum Gasteiger partial charge on any atom is -0.497 e. The van der Waals surface area contributed by atoms with E-state index in [1.165, 1.54) is 0 Å². The SMILES string of the molecule is COc1ccc(OC)c(NC(=O)c2cccc3[nH]c(C)nc23)c1. The Morgan fingerprint density at radius 3 is 2.74 bits per heavy atom. The molecule has 2 aromatic carbocycles. The number of rotatable bonds is 4. The van der Waals surface area contributed by atoms with Crippen molar-refractivity contribution in [1.29, 1.82) is 0 Å². The van der Waals surface area contributed by atoms with Crippen molar-refractivity contribution in [3.8, 4) is 11.5 Å². The monoisotopic (exact) mass is 311 g/mol. The molecule has 118 valence electrons. The molecule has 0 atom stereocenters. The molecule has 0 unspecified atom stereocenters. The molecule has 0 saturated carbocycles. The molecule has 0 aliphatic heterocycles. The van der Waals surface area contributed by atoms with Gasteiger partial charge in [0.2, 0.25) is 0 Å². The molecular formula is C17H17N3O3. The minimum atomic E-state index is -0.256. The van der Waals surface area contributed by atoms with E-state index < -0.39 is 0 Å². The molecule has 2 N–H and O–H groups in total. The summed E-state index contributed by atoms with van der Waals surface area (Å²) in [4.78, 5) is 20.1. The number of benzene rings is 2. The van der Waals surface area contributed by atoms with Crippen LogP contribution in [0, 0.1) is 6.92 Å². The van der Waals surface area contributed by atoms with Gasteiger partial charge in [-0.05, 0) is 31.2 Å². The maximum atomic E-state index is 12.6. The molecule has 1 amide bonds. The lowest BCUT2D eigenvalue weighted by Gasteiger charge is -2.12. The summed E-state index contributed by atoms with van der Waals surface area (Å²) in [7, 11) is 3.12. The zero-order valence-electron chi connectivity index (χ0n) is 13.1. The third-order valence-electron chi connectivity index (χ3n) is 3.53. The molecular weight excluding hydrogens is 294 g/mol. The fourth-order valence-electron chi connectivity index (χ4n) is 2.44. The van der Waals surface area contributed by atoms with E-state index in [0.717, 1.165) is 11.3 Å². The van der Waals surface area contributed by atoms with Crippen molar-refractivity contribution in [3.05, 3.63) is 47.8 Å². The first kappa shape index (κ1) is 14.9. The predicted octanol–water partition coefficient (Wildman–Crippen LogP) is 3.14. The van der Waals surface area contributed by atoms with Crippen molar-refractivity contribution >= 4 is 22.6 Å². The van der Waals surface area contributed by atoms with Crippen molar-refractivity contribution in [2.24, 2.45) is 0 Å². The Morgan fingerprint density at radius 2 is 2.00 bits per heavy atom. The second kappa shape index (κ2) is 6.00. The second-order valence-corrected chi connectivity index (χ2v) is 5.04. The third-order valence-corrected chi connectivity index (χ3v) is 3.53. The second-order valence-electron chi connectivity index (χ2n) is 5.04. The van der Waals surface area contributed by atoms with E-state index in [4.69, 9.17) is 9.47 Å². The first-order chi connectivity index (χ1) is 11.1. The Hall–Kier alpha value is -3.02. The Morgan fingerprint density at radius 1 is 1.17 bits per heavy atom. The Bertz CT molecular complexity index is 871. The third kappa shape index (κ3) is 2.83. The molecule has 6 nitrogen and oxygen atoms in total. The summed E-state index contributed by atoms with van der Waals surface area (Å²) in [5.41, 5.74) is 2.51. The Balaban J connectivity index is 1.98. The summed E-state index contributed by atoms with van der Waals surface area (Å²) in [6.45, 7) is 1.85. The van der Waals surface area contributed by atoms with Crippen LogP contribution >= 0.6 is 0 Å². The first-order valence-corrected chi connectivity index (χ1v) is 7.11. The number of fused-ring (bicyclic) bond motifs is 1. The summed E-state index contributed by atoms with van der Waals surface area (Å²) in [6.07, 6.45) is 0. The molecule has 0 spiro atoms. The van der Waals surface area contributed by atoms with E-state index in [-0.39, 0.29) is 5.91 Å². The van der Waals surface area contributed by atoms with E-state index in [1.54, 1.807) is 38.5 Å². The molecule has 6 heteroatoms. The van der Waals surface area contributed by atoms with Gasteiger partial charge in [0.1, 0.15) is 22.8 Å². The number of H-pyrrole nitrogens is 1. The average Bonchev–Trinajstić information content (AvgIpc) is 2.94. The van der Waals surface area contributed by atoms with Gasteiger partial charge < -0.3 is 19.8 Å². The number of carbonyl (C=O) groups is 1. The van der Waals surface area contributed by atoms with Gasteiger partial charge in [-0.1, -0.05) is 6.07 Å². The summed E-state index contributed by atoms with van der Waals surface area (Å²) >= 11 is 0. The van der Waals surface area contributed by atoms with Gasteiger partial charge in [0, 0.05) is 6.07 Å². The van der Waals surface area contributed by atoms with Gasteiger partial charge in [0.15, 0.2) is 0 Å². The number of nitrogens with one attached hydrogen (secondary N) is 2. The largest absolute Gasteiger partial charge is 0.497 e. The van der Waals surface area contributed by atoms with Crippen LogP contribution in [0.4, 0.5) is 5.69 Å². The highest BCUT2D eigenvalue weighted by molar-refractivity contribution is 6.12. The van der Waals surface area contributed by atoms with Gasteiger partial charge in [-0.3, -0.25) is 4.79 Å². The van der Waals surface area contributed by atoms with E-state index >= 15 is 0 Å². The Labute approximate surface area is 133 Å². The van der Waals surface area contributed by atoms with Gasteiger partial charge in [0.05, 0.1) is 31.0 Å². The van der Waals surface area contributed by atoms with Crippen LogP contribution < -0.4 is 14.8 Å². The smallest absolute Gasteiger partial charge is 0.258 e. The topological polar surface area (TPSA) is 76.2 Å². The zero-order valence-corrected chi connectivity index (χ0v) is 13.1. The fraction of sp³-hybridized carbons (Fsp3) is 0.176. The number of carbonyl (C=O) groups excluding carboxylic acids is 1. The van der Waals surface area contributed by atoms with E-state index in [1.807, 2.05) is 19.1 Å². The molecule has 3 rings (SSSR count). The van der Waals surface area contributed by atoms with Crippen molar-refractivity contribution in [1.82, 2.24) is 9.97 Å². The molecule has 1 heterocycles. The van der Waals surface area contributed by atoms with Gasteiger partial charge in [-0.25, -0.2) is 4.98 Å². The summed E-state index contributed by atoms with van der Waals surface area (Å²) in [5.74, 6) is 1.70. The van der Waals surface area contributed by atoms with Crippen LogP contribution in [0.15, 0.2) is 36.4 Å². The average molecular weight is 311 g/mol. The lowest BCUT2D eigenvalue weighted by Crippen LogP contribution is -2.13. The summed E-state index contributed by atoms with van der Waals surface area (Å²) < 4.78 is 10.5. The van der Waals surface area contributed by atoms with Crippen molar-refractivity contribution in [3.63, 3.8) is 0 Å². The number of hydrogen-bond donors (Lipinski definition) is 2. The lowest BCUT2D eigenvalue weighted by molar-refractivity contribution is 0.102. The maximum absolute atomic E-state index is 12.6. The minimum absolute atomic E-state index is 0.256. The predicted molar refractivity (Wildman–Crippen MR) is 88.3 cm³/mol. The lowest BCUT2D eigenvalue weighted by atomic mass is 10.1. The van der Waals surface area contributed by atoms with E-state index in [9.17, 15) is 4.79 Å². The first-order valence-electron chi connectivity index (χ1n) is 7.11. The number of aryl methyl sites for hydroxylation is 1. The van der Waals surface area contributed by atoms with Gasteiger partial charge in [-0.2, -0.15) is 0 Å². The Kier molecular flexibility index (Phi) is 3.89. The highest BCUT2D eigenvalue weighted by atomic mass is 16.5.